The summed E-state index contributed by atoms with van der Waals surface area (Å²) < 4.78 is 0. The van der Waals surface area contributed by atoms with Gasteiger partial charge in [-0.15, -0.1) is 0 Å². The molecule has 25 heavy (non-hydrogen) atoms. The standard InChI is InChI=1S/C20H21N3O2/c1-3-9-22-20(25)14-5-7-17-16(11-14)18(8-10-21-17)23-19-12-15(24)6-4-13(19)2/h4-8,10-12,24H,3,9H2,1-2H3,(H,21,23)(H,22,25). The van der Waals surface area contributed by atoms with Gasteiger partial charge in [-0.3, -0.25) is 9.78 Å². The van der Waals surface area contributed by atoms with Crippen LogP contribution in [0, 0.1) is 6.92 Å². The number of carbonyl (C=O) groups excluding carboxylic acids is 1. The van der Waals surface area contributed by atoms with Gasteiger partial charge in [-0.1, -0.05) is 13.0 Å². The van der Waals surface area contributed by atoms with E-state index in [1.54, 1.807) is 24.4 Å². The SMILES string of the molecule is CCCNC(=O)c1ccc2nccc(Nc3cc(O)ccc3C)c2c1. The van der Waals surface area contributed by atoms with Gasteiger partial charge in [0.15, 0.2) is 0 Å². The molecule has 0 bridgehead atoms. The molecule has 1 amide bonds. The summed E-state index contributed by atoms with van der Waals surface area (Å²) in [6.45, 7) is 4.64. The minimum Gasteiger partial charge on any atom is -0.508 e. The number of aromatic nitrogens is 1. The van der Waals surface area contributed by atoms with Crippen LogP contribution in [0.2, 0.25) is 0 Å². The molecule has 3 N–H and O–H groups in total. The molecular weight excluding hydrogens is 314 g/mol. The largest absolute Gasteiger partial charge is 0.508 e. The quantitative estimate of drug-likeness (QED) is 0.655. The second kappa shape index (κ2) is 7.21. The highest BCUT2D eigenvalue weighted by Crippen LogP contribution is 2.29. The number of hydrogen-bond acceptors (Lipinski definition) is 4. The predicted molar refractivity (Wildman–Crippen MR) is 100 cm³/mol. The fourth-order valence-electron chi connectivity index (χ4n) is 2.63. The fourth-order valence-corrected chi connectivity index (χ4v) is 2.63. The van der Waals surface area contributed by atoms with E-state index in [-0.39, 0.29) is 11.7 Å². The molecule has 2 aromatic carbocycles. The lowest BCUT2D eigenvalue weighted by Crippen LogP contribution is -2.23. The summed E-state index contributed by atoms with van der Waals surface area (Å²) in [5, 5.41) is 16.8. The molecule has 5 nitrogen and oxygen atoms in total. The Morgan fingerprint density at radius 2 is 1.96 bits per heavy atom. The van der Waals surface area contributed by atoms with E-state index in [4.69, 9.17) is 0 Å². The zero-order valence-electron chi connectivity index (χ0n) is 14.3. The fraction of sp³-hybridized carbons (Fsp3) is 0.200. The van der Waals surface area contributed by atoms with Crippen molar-refractivity contribution < 1.29 is 9.90 Å². The highest BCUT2D eigenvalue weighted by atomic mass is 16.3. The van der Waals surface area contributed by atoms with Crippen molar-refractivity contribution in [2.24, 2.45) is 0 Å². The monoisotopic (exact) mass is 335 g/mol. The first-order valence-electron chi connectivity index (χ1n) is 8.32. The van der Waals surface area contributed by atoms with Crippen LogP contribution in [0.15, 0.2) is 48.7 Å². The predicted octanol–water partition coefficient (Wildman–Crippen LogP) is 4.13. The number of fused-ring (bicyclic) bond motifs is 1. The van der Waals surface area contributed by atoms with Gasteiger partial charge in [0, 0.05) is 41.1 Å². The maximum atomic E-state index is 12.2. The number of benzene rings is 2. The molecule has 0 saturated heterocycles. The molecule has 0 atom stereocenters. The van der Waals surface area contributed by atoms with Crippen molar-refractivity contribution in [3.63, 3.8) is 0 Å². The molecule has 128 valence electrons. The number of rotatable bonds is 5. The van der Waals surface area contributed by atoms with Crippen molar-refractivity contribution in [2.45, 2.75) is 20.3 Å². The van der Waals surface area contributed by atoms with Gasteiger partial charge in [0.2, 0.25) is 0 Å². The number of aryl methyl sites for hydroxylation is 1. The van der Waals surface area contributed by atoms with E-state index in [0.29, 0.717) is 12.1 Å². The Kier molecular flexibility index (Phi) is 4.84. The Balaban J connectivity index is 2.00. The van der Waals surface area contributed by atoms with Crippen molar-refractivity contribution in [2.75, 3.05) is 11.9 Å². The molecule has 1 heterocycles. The zero-order valence-corrected chi connectivity index (χ0v) is 14.3. The van der Waals surface area contributed by atoms with Crippen LogP contribution in [0.25, 0.3) is 10.9 Å². The zero-order chi connectivity index (χ0) is 17.8. The molecule has 0 spiro atoms. The van der Waals surface area contributed by atoms with E-state index in [2.05, 4.69) is 15.6 Å². The minimum absolute atomic E-state index is 0.0907. The Morgan fingerprint density at radius 1 is 1.12 bits per heavy atom. The molecule has 0 aliphatic heterocycles. The topological polar surface area (TPSA) is 74.2 Å². The van der Waals surface area contributed by atoms with Gasteiger partial charge in [-0.25, -0.2) is 0 Å². The molecule has 0 aliphatic carbocycles. The van der Waals surface area contributed by atoms with Crippen LogP contribution in [0.4, 0.5) is 11.4 Å². The maximum Gasteiger partial charge on any atom is 0.251 e. The molecule has 3 rings (SSSR count). The molecular formula is C20H21N3O2. The highest BCUT2D eigenvalue weighted by molar-refractivity contribution is 6.01. The Hall–Kier alpha value is -3.08. The summed E-state index contributed by atoms with van der Waals surface area (Å²) >= 11 is 0. The van der Waals surface area contributed by atoms with Gasteiger partial charge in [-0.05, 0) is 49.2 Å². The summed E-state index contributed by atoms with van der Waals surface area (Å²) in [7, 11) is 0. The van der Waals surface area contributed by atoms with Crippen LogP contribution < -0.4 is 10.6 Å². The maximum absolute atomic E-state index is 12.2. The van der Waals surface area contributed by atoms with E-state index in [0.717, 1.165) is 34.3 Å². The number of anilines is 2. The average Bonchev–Trinajstić information content (AvgIpc) is 2.62. The molecule has 0 unspecified atom stereocenters. The van der Waals surface area contributed by atoms with Gasteiger partial charge in [0.05, 0.1) is 5.52 Å². The lowest BCUT2D eigenvalue weighted by atomic mass is 10.1. The summed E-state index contributed by atoms with van der Waals surface area (Å²) in [6.07, 6.45) is 2.62. The van der Waals surface area contributed by atoms with Gasteiger partial charge < -0.3 is 15.7 Å². The molecule has 0 radical (unpaired) electrons. The van der Waals surface area contributed by atoms with Crippen molar-refractivity contribution in [3.05, 3.63) is 59.8 Å². The first kappa shape index (κ1) is 16.8. The van der Waals surface area contributed by atoms with Crippen molar-refractivity contribution in [1.82, 2.24) is 10.3 Å². The van der Waals surface area contributed by atoms with Gasteiger partial charge in [0.1, 0.15) is 5.75 Å². The van der Waals surface area contributed by atoms with Crippen molar-refractivity contribution in [1.29, 1.82) is 0 Å². The second-order valence-corrected chi connectivity index (χ2v) is 5.97. The number of carbonyl (C=O) groups is 1. The van der Waals surface area contributed by atoms with Crippen LogP contribution in [-0.4, -0.2) is 22.5 Å². The van der Waals surface area contributed by atoms with Crippen LogP contribution >= 0.6 is 0 Å². The number of phenolic OH excluding ortho intramolecular Hbond substituents is 1. The molecule has 0 saturated carbocycles. The summed E-state index contributed by atoms with van der Waals surface area (Å²) in [6, 6.07) is 12.5. The van der Waals surface area contributed by atoms with E-state index in [1.165, 1.54) is 0 Å². The normalized spacial score (nSPS) is 10.6. The summed E-state index contributed by atoms with van der Waals surface area (Å²) in [5.41, 5.74) is 4.07. The lowest BCUT2D eigenvalue weighted by Gasteiger charge is -2.13. The van der Waals surface area contributed by atoms with Gasteiger partial charge in [-0.2, -0.15) is 0 Å². The second-order valence-electron chi connectivity index (χ2n) is 5.97. The van der Waals surface area contributed by atoms with E-state index in [9.17, 15) is 9.90 Å². The Labute approximate surface area is 146 Å². The number of hydrogen-bond donors (Lipinski definition) is 3. The summed E-state index contributed by atoms with van der Waals surface area (Å²) in [5.74, 6) is 0.109. The van der Waals surface area contributed by atoms with Crippen LogP contribution in [-0.2, 0) is 0 Å². The molecule has 5 heteroatoms. The number of phenols is 1. The summed E-state index contributed by atoms with van der Waals surface area (Å²) in [4.78, 5) is 16.6. The molecule has 1 aromatic heterocycles. The Morgan fingerprint density at radius 3 is 2.76 bits per heavy atom. The van der Waals surface area contributed by atoms with Crippen LogP contribution in [0.1, 0.15) is 29.3 Å². The number of pyridine rings is 1. The van der Waals surface area contributed by atoms with Gasteiger partial charge in [0.25, 0.3) is 5.91 Å². The number of nitrogens with zero attached hydrogens (tertiary/aromatic N) is 1. The van der Waals surface area contributed by atoms with Crippen molar-refractivity contribution in [3.8, 4) is 5.75 Å². The van der Waals surface area contributed by atoms with Crippen LogP contribution in [0.3, 0.4) is 0 Å². The number of aromatic hydroxyl groups is 1. The smallest absolute Gasteiger partial charge is 0.251 e. The Bertz CT molecular complexity index is 922. The third kappa shape index (κ3) is 3.71. The third-order valence-electron chi connectivity index (χ3n) is 4.03. The van der Waals surface area contributed by atoms with E-state index >= 15 is 0 Å². The minimum atomic E-state index is -0.0907. The average molecular weight is 335 g/mol. The first-order chi connectivity index (χ1) is 12.1. The van der Waals surface area contributed by atoms with Crippen LogP contribution in [0.5, 0.6) is 5.75 Å². The lowest BCUT2D eigenvalue weighted by molar-refractivity contribution is 0.0954. The van der Waals surface area contributed by atoms with Gasteiger partial charge >= 0.3 is 0 Å². The number of nitrogens with one attached hydrogen (secondary N) is 2. The van der Waals surface area contributed by atoms with Crippen molar-refractivity contribution >= 4 is 28.2 Å². The molecule has 0 fully saturated rings. The number of amides is 1. The third-order valence-corrected chi connectivity index (χ3v) is 4.03. The van der Waals surface area contributed by atoms with E-state index in [1.807, 2.05) is 38.1 Å². The van der Waals surface area contributed by atoms with E-state index < -0.39 is 0 Å². The highest BCUT2D eigenvalue weighted by Gasteiger charge is 2.10. The first-order valence-corrected chi connectivity index (χ1v) is 8.32. The molecule has 0 aliphatic rings. The molecule has 3 aromatic rings.